The minimum absolute atomic E-state index is 0.250. The van der Waals surface area contributed by atoms with Crippen LogP contribution in [0.2, 0.25) is 0 Å². The summed E-state index contributed by atoms with van der Waals surface area (Å²) in [6.07, 6.45) is 4.26. The van der Waals surface area contributed by atoms with Gasteiger partial charge < -0.3 is 10.2 Å². The molecule has 2 nitrogen and oxygen atoms in total. The molecule has 2 atom stereocenters. The summed E-state index contributed by atoms with van der Waals surface area (Å²) in [5, 5.41) is 18.3. The van der Waals surface area contributed by atoms with Gasteiger partial charge in [-0.25, -0.2) is 0 Å². The highest BCUT2D eigenvalue weighted by molar-refractivity contribution is 5.02. The topological polar surface area (TPSA) is 40.5 Å². The van der Waals surface area contributed by atoms with Crippen LogP contribution in [0.5, 0.6) is 0 Å². The molecule has 0 aromatic heterocycles. The zero-order valence-electron chi connectivity index (χ0n) is 8.95. The third-order valence-electron chi connectivity index (χ3n) is 2.54. The van der Waals surface area contributed by atoms with E-state index < -0.39 is 0 Å². The zero-order chi connectivity index (χ0) is 10.3. The lowest BCUT2D eigenvalue weighted by atomic mass is 9.97. The smallest absolute Gasteiger partial charge is 0.0747 e. The second kappa shape index (κ2) is 7.10. The van der Waals surface area contributed by atoms with E-state index in [1.807, 2.05) is 19.9 Å². The van der Waals surface area contributed by atoms with Crippen molar-refractivity contribution >= 4 is 0 Å². The van der Waals surface area contributed by atoms with Gasteiger partial charge in [-0.2, -0.15) is 0 Å². The van der Waals surface area contributed by atoms with Gasteiger partial charge in [-0.1, -0.05) is 13.0 Å². The van der Waals surface area contributed by atoms with Crippen LogP contribution in [0.1, 0.15) is 40.0 Å². The molecule has 0 aliphatic heterocycles. The molecule has 0 aromatic carbocycles. The number of hydrogen-bond acceptors (Lipinski definition) is 2. The summed E-state index contributed by atoms with van der Waals surface area (Å²) >= 11 is 0. The third kappa shape index (κ3) is 5.83. The van der Waals surface area contributed by atoms with Gasteiger partial charge in [0.05, 0.1) is 6.10 Å². The monoisotopic (exact) mass is 186 g/mol. The molecule has 78 valence electrons. The van der Waals surface area contributed by atoms with E-state index in [9.17, 15) is 5.11 Å². The Morgan fingerprint density at radius 2 is 1.92 bits per heavy atom. The van der Waals surface area contributed by atoms with Crippen molar-refractivity contribution in [3.05, 3.63) is 11.6 Å². The van der Waals surface area contributed by atoms with Gasteiger partial charge in [0.15, 0.2) is 0 Å². The van der Waals surface area contributed by atoms with Crippen LogP contribution in [-0.2, 0) is 0 Å². The Hall–Kier alpha value is -0.340. The van der Waals surface area contributed by atoms with E-state index in [-0.39, 0.29) is 12.7 Å². The number of aliphatic hydroxyl groups is 2. The minimum atomic E-state index is -0.300. The van der Waals surface area contributed by atoms with Crippen molar-refractivity contribution in [3.8, 4) is 0 Å². The maximum Gasteiger partial charge on any atom is 0.0747 e. The molecule has 0 aromatic rings. The Morgan fingerprint density at radius 3 is 2.38 bits per heavy atom. The highest BCUT2D eigenvalue weighted by Crippen LogP contribution is 2.15. The Morgan fingerprint density at radius 1 is 1.31 bits per heavy atom. The molecule has 2 heteroatoms. The number of rotatable bonds is 6. The van der Waals surface area contributed by atoms with Crippen LogP contribution < -0.4 is 0 Å². The molecule has 0 aliphatic carbocycles. The number of aliphatic hydroxyl groups excluding tert-OH is 2. The summed E-state index contributed by atoms with van der Waals surface area (Å²) in [4.78, 5) is 0. The molecule has 0 saturated carbocycles. The van der Waals surface area contributed by atoms with E-state index in [2.05, 4.69) is 6.92 Å². The standard InChI is InChI=1S/C11H22O2/c1-4-10(3)11(13)6-5-9(2)7-8-12/h4,9,11-13H,5-8H2,1-3H3/b10-4+. The van der Waals surface area contributed by atoms with Gasteiger partial charge in [-0.3, -0.25) is 0 Å². The summed E-state index contributed by atoms with van der Waals surface area (Å²) in [6, 6.07) is 0. The SMILES string of the molecule is C/C=C(\C)C(O)CCC(C)CCO. The quantitative estimate of drug-likeness (QED) is 0.624. The molecule has 0 amide bonds. The average Bonchev–Trinajstić information content (AvgIpc) is 2.13. The summed E-state index contributed by atoms with van der Waals surface area (Å²) in [6.45, 7) is 6.24. The molecule has 0 bridgehead atoms. The molecule has 0 aliphatic rings. The minimum Gasteiger partial charge on any atom is -0.396 e. The van der Waals surface area contributed by atoms with Crippen LogP contribution >= 0.6 is 0 Å². The number of hydrogen-bond donors (Lipinski definition) is 2. The van der Waals surface area contributed by atoms with E-state index in [1.165, 1.54) is 0 Å². The van der Waals surface area contributed by atoms with E-state index in [0.717, 1.165) is 24.8 Å². The lowest BCUT2D eigenvalue weighted by Crippen LogP contribution is -2.10. The Bertz CT molecular complexity index is 152. The molecule has 0 spiro atoms. The van der Waals surface area contributed by atoms with Crippen LogP contribution in [0.15, 0.2) is 11.6 Å². The predicted molar refractivity (Wildman–Crippen MR) is 55.5 cm³/mol. The molecule has 2 N–H and O–H groups in total. The van der Waals surface area contributed by atoms with Crippen molar-refractivity contribution < 1.29 is 10.2 Å². The fourth-order valence-corrected chi connectivity index (χ4v) is 1.23. The van der Waals surface area contributed by atoms with Crippen molar-refractivity contribution in [1.82, 2.24) is 0 Å². The molecule has 0 saturated heterocycles. The summed E-state index contributed by atoms with van der Waals surface area (Å²) in [5.41, 5.74) is 1.04. The molecule has 0 rings (SSSR count). The van der Waals surface area contributed by atoms with Gasteiger partial charge in [0.1, 0.15) is 0 Å². The maximum atomic E-state index is 9.60. The normalized spacial score (nSPS) is 17.2. The van der Waals surface area contributed by atoms with Crippen LogP contribution in [0.4, 0.5) is 0 Å². The molecule has 0 heterocycles. The molecule has 2 unspecified atom stereocenters. The summed E-state index contributed by atoms with van der Waals surface area (Å²) in [5.74, 6) is 0.504. The van der Waals surface area contributed by atoms with Crippen molar-refractivity contribution in [1.29, 1.82) is 0 Å². The van der Waals surface area contributed by atoms with Crippen molar-refractivity contribution in [2.75, 3.05) is 6.61 Å². The van der Waals surface area contributed by atoms with Crippen LogP contribution in [0.25, 0.3) is 0 Å². The van der Waals surface area contributed by atoms with Crippen molar-refractivity contribution in [2.24, 2.45) is 5.92 Å². The van der Waals surface area contributed by atoms with Gasteiger partial charge in [0.2, 0.25) is 0 Å². The first-order valence-electron chi connectivity index (χ1n) is 5.03. The van der Waals surface area contributed by atoms with Gasteiger partial charge in [0, 0.05) is 6.61 Å². The highest BCUT2D eigenvalue weighted by atomic mass is 16.3. The van der Waals surface area contributed by atoms with E-state index in [4.69, 9.17) is 5.11 Å². The van der Waals surface area contributed by atoms with E-state index >= 15 is 0 Å². The van der Waals surface area contributed by atoms with Crippen molar-refractivity contribution in [2.45, 2.75) is 46.1 Å². The van der Waals surface area contributed by atoms with Crippen molar-refractivity contribution in [3.63, 3.8) is 0 Å². The summed E-state index contributed by atoms with van der Waals surface area (Å²) < 4.78 is 0. The zero-order valence-corrected chi connectivity index (χ0v) is 8.95. The van der Waals surface area contributed by atoms with E-state index in [1.54, 1.807) is 0 Å². The number of allylic oxidation sites excluding steroid dienone is 1. The molecular weight excluding hydrogens is 164 g/mol. The lowest BCUT2D eigenvalue weighted by molar-refractivity contribution is 0.182. The first kappa shape index (κ1) is 12.7. The molecular formula is C11H22O2. The largest absolute Gasteiger partial charge is 0.396 e. The fraction of sp³-hybridized carbons (Fsp3) is 0.818. The Kier molecular flexibility index (Phi) is 6.92. The highest BCUT2D eigenvalue weighted by Gasteiger charge is 2.08. The fourth-order valence-electron chi connectivity index (χ4n) is 1.23. The first-order chi connectivity index (χ1) is 6.11. The molecule has 0 radical (unpaired) electrons. The average molecular weight is 186 g/mol. The van der Waals surface area contributed by atoms with Crippen LogP contribution in [0.3, 0.4) is 0 Å². The van der Waals surface area contributed by atoms with E-state index in [0.29, 0.717) is 5.92 Å². The lowest BCUT2D eigenvalue weighted by Gasteiger charge is -2.14. The van der Waals surface area contributed by atoms with Gasteiger partial charge in [-0.05, 0) is 44.6 Å². The predicted octanol–water partition coefficient (Wildman–Crippen LogP) is 2.11. The second-order valence-corrected chi connectivity index (χ2v) is 3.74. The van der Waals surface area contributed by atoms with Gasteiger partial charge in [0.25, 0.3) is 0 Å². The third-order valence-corrected chi connectivity index (χ3v) is 2.54. The second-order valence-electron chi connectivity index (χ2n) is 3.74. The van der Waals surface area contributed by atoms with Gasteiger partial charge >= 0.3 is 0 Å². The summed E-state index contributed by atoms with van der Waals surface area (Å²) in [7, 11) is 0. The first-order valence-corrected chi connectivity index (χ1v) is 5.03. The van der Waals surface area contributed by atoms with Gasteiger partial charge in [-0.15, -0.1) is 0 Å². The Labute approximate surface area is 81.3 Å². The Balaban J connectivity index is 3.63. The van der Waals surface area contributed by atoms with Crippen LogP contribution in [-0.4, -0.2) is 22.9 Å². The maximum absolute atomic E-state index is 9.60. The van der Waals surface area contributed by atoms with Crippen LogP contribution in [0, 0.1) is 5.92 Å². The molecule has 0 fully saturated rings. The molecule has 13 heavy (non-hydrogen) atoms.